The second-order valence-corrected chi connectivity index (χ2v) is 4.54. The SMILES string of the molecule is CCOC(=O)c1c(O)c2cccc(F)c2[n+]2ccccc12. The first-order valence-electron chi connectivity index (χ1n) is 6.55. The zero-order valence-corrected chi connectivity index (χ0v) is 11.3. The lowest BCUT2D eigenvalue weighted by Gasteiger charge is -2.07. The number of fused-ring (bicyclic) bond motifs is 3. The van der Waals surface area contributed by atoms with Crippen molar-refractivity contribution in [1.82, 2.24) is 0 Å². The molecule has 0 fully saturated rings. The molecule has 3 aromatic rings. The average Bonchev–Trinajstić information content (AvgIpc) is 2.48. The highest BCUT2D eigenvalue weighted by Gasteiger charge is 2.27. The highest BCUT2D eigenvalue weighted by molar-refractivity contribution is 6.04. The van der Waals surface area contributed by atoms with Gasteiger partial charge in [0.25, 0.3) is 5.52 Å². The number of para-hydroxylation sites is 1. The van der Waals surface area contributed by atoms with E-state index in [1.165, 1.54) is 16.5 Å². The summed E-state index contributed by atoms with van der Waals surface area (Å²) in [5.41, 5.74) is 0.653. The predicted octanol–water partition coefficient (Wildman–Crippen LogP) is 2.60. The molecule has 5 heteroatoms. The van der Waals surface area contributed by atoms with Crippen molar-refractivity contribution in [2.45, 2.75) is 6.92 Å². The molecule has 21 heavy (non-hydrogen) atoms. The molecule has 0 bridgehead atoms. The summed E-state index contributed by atoms with van der Waals surface area (Å²) in [7, 11) is 0. The quantitative estimate of drug-likeness (QED) is 0.447. The van der Waals surface area contributed by atoms with E-state index in [4.69, 9.17) is 4.74 Å². The van der Waals surface area contributed by atoms with E-state index in [1.807, 2.05) is 0 Å². The van der Waals surface area contributed by atoms with Gasteiger partial charge in [0.2, 0.25) is 5.52 Å². The van der Waals surface area contributed by atoms with Crippen LogP contribution in [0.1, 0.15) is 17.3 Å². The van der Waals surface area contributed by atoms with E-state index in [0.717, 1.165) is 0 Å². The number of benzene rings is 1. The van der Waals surface area contributed by atoms with E-state index >= 15 is 0 Å². The van der Waals surface area contributed by atoms with Gasteiger partial charge in [-0.1, -0.05) is 6.07 Å². The van der Waals surface area contributed by atoms with Gasteiger partial charge in [-0.15, -0.1) is 0 Å². The van der Waals surface area contributed by atoms with Crippen molar-refractivity contribution < 1.29 is 23.4 Å². The normalized spacial score (nSPS) is 11.0. The van der Waals surface area contributed by atoms with Crippen LogP contribution in [0.2, 0.25) is 0 Å². The van der Waals surface area contributed by atoms with E-state index in [9.17, 15) is 14.3 Å². The molecular formula is C16H13FNO3+. The fourth-order valence-corrected chi connectivity index (χ4v) is 2.45. The molecule has 0 radical (unpaired) electrons. The van der Waals surface area contributed by atoms with Crippen molar-refractivity contribution >= 4 is 22.4 Å². The average molecular weight is 286 g/mol. The largest absolute Gasteiger partial charge is 0.506 e. The van der Waals surface area contributed by atoms with Gasteiger partial charge in [0.15, 0.2) is 23.3 Å². The molecule has 106 valence electrons. The maximum atomic E-state index is 14.1. The van der Waals surface area contributed by atoms with E-state index in [0.29, 0.717) is 5.52 Å². The van der Waals surface area contributed by atoms with Gasteiger partial charge < -0.3 is 9.84 Å². The van der Waals surface area contributed by atoms with Gasteiger partial charge in [-0.3, -0.25) is 0 Å². The highest BCUT2D eigenvalue weighted by Crippen LogP contribution is 2.30. The van der Waals surface area contributed by atoms with Crippen molar-refractivity contribution in [3.05, 3.63) is 54.0 Å². The van der Waals surface area contributed by atoms with Crippen LogP contribution in [-0.2, 0) is 4.74 Å². The smallest absolute Gasteiger partial charge is 0.348 e. The second kappa shape index (κ2) is 5.01. The zero-order valence-electron chi connectivity index (χ0n) is 11.3. The third-order valence-corrected chi connectivity index (χ3v) is 3.32. The second-order valence-electron chi connectivity index (χ2n) is 4.54. The molecule has 2 heterocycles. The van der Waals surface area contributed by atoms with Crippen molar-refractivity contribution in [2.75, 3.05) is 6.61 Å². The minimum atomic E-state index is -0.634. The molecular weight excluding hydrogens is 273 g/mol. The fraction of sp³-hybridized carbons (Fsp3) is 0.125. The summed E-state index contributed by atoms with van der Waals surface area (Å²) in [5.74, 6) is -1.38. The third-order valence-electron chi connectivity index (χ3n) is 3.32. The standard InChI is InChI=1S/C16H12FNO3/c1-2-21-16(20)13-12-8-3-4-9-18(12)14-10(15(13)19)6-5-7-11(14)17/h3-9H,2H2,1H3/p+1. The molecule has 0 aliphatic carbocycles. The van der Waals surface area contributed by atoms with Gasteiger partial charge in [-0.05, 0) is 25.1 Å². The van der Waals surface area contributed by atoms with Crippen LogP contribution >= 0.6 is 0 Å². The molecule has 4 nitrogen and oxygen atoms in total. The molecule has 0 aliphatic rings. The monoisotopic (exact) mass is 286 g/mol. The van der Waals surface area contributed by atoms with Gasteiger partial charge in [0.05, 0.1) is 12.0 Å². The number of hydrogen-bond acceptors (Lipinski definition) is 3. The van der Waals surface area contributed by atoms with Crippen LogP contribution in [-0.4, -0.2) is 17.7 Å². The predicted molar refractivity (Wildman–Crippen MR) is 74.7 cm³/mol. The Morgan fingerprint density at radius 3 is 2.86 bits per heavy atom. The van der Waals surface area contributed by atoms with Crippen LogP contribution < -0.4 is 4.40 Å². The summed E-state index contributed by atoms with van der Waals surface area (Å²) in [6, 6.07) is 9.44. The number of nitrogens with zero attached hydrogens (tertiary/aromatic N) is 1. The Labute approximate surface area is 120 Å². The van der Waals surface area contributed by atoms with Gasteiger partial charge in [-0.2, -0.15) is 8.79 Å². The van der Waals surface area contributed by atoms with E-state index < -0.39 is 11.8 Å². The van der Waals surface area contributed by atoms with Crippen LogP contribution in [0, 0.1) is 5.82 Å². The third kappa shape index (κ3) is 1.98. The van der Waals surface area contributed by atoms with Crippen molar-refractivity contribution in [1.29, 1.82) is 0 Å². The van der Waals surface area contributed by atoms with Crippen LogP contribution in [0.5, 0.6) is 5.75 Å². The molecule has 0 amide bonds. The lowest BCUT2D eigenvalue weighted by molar-refractivity contribution is -0.483. The molecule has 0 unspecified atom stereocenters. The lowest BCUT2D eigenvalue weighted by Crippen LogP contribution is -2.26. The Bertz CT molecular complexity index is 861. The topological polar surface area (TPSA) is 50.6 Å². The number of aromatic nitrogens is 1. The summed E-state index contributed by atoms with van der Waals surface area (Å²) >= 11 is 0. The first-order chi connectivity index (χ1) is 10.1. The number of aromatic hydroxyl groups is 1. The van der Waals surface area contributed by atoms with Gasteiger partial charge in [0.1, 0.15) is 0 Å². The molecule has 1 N–H and O–H groups in total. The molecule has 0 saturated carbocycles. The molecule has 0 atom stereocenters. The van der Waals surface area contributed by atoms with Crippen LogP contribution in [0.15, 0.2) is 42.6 Å². The Morgan fingerprint density at radius 1 is 1.29 bits per heavy atom. The number of halogens is 1. The Morgan fingerprint density at radius 2 is 2.10 bits per heavy atom. The Kier molecular flexibility index (Phi) is 3.17. The van der Waals surface area contributed by atoms with Crippen molar-refractivity contribution in [3.8, 4) is 5.75 Å². The molecule has 0 aliphatic heterocycles. The summed E-state index contributed by atoms with van der Waals surface area (Å²) in [4.78, 5) is 12.1. The fourth-order valence-electron chi connectivity index (χ4n) is 2.45. The summed E-state index contributed by atoms with van der Waals surface area (Å²) < 4.78 is 20.7. The first-order valence-corrected chi connectivity index (χ1v) is 6.55. The number of hydrogen-bond donors (Lipinski definition) is 1. The number of pyridine rings is 2. The molecule has 0 spiro atoms. The van der Waals surface area contributed by atoms with Crippen LogP contribution in [0.3, 0.4) is 0 Å². The Balaban J connectivity index is 2.52. The van der Waals surface area contributed by atoms with Crippen molar-refractivity contribution in [3.63, 3.8) is 0 Å². The number of esters is 1. The van der Waals surface area contributed by atoms with Crippen molar-refractivity contribution in [2.24, 2.45) is 0 Å². The number of ether oxygens (including phenoxy) is 1. The first kappa shape index (κ1) is 13.3. The van der Waals surface area contributed by atoms with E-state index in [1.54, 1.807) is 37.4 Å². The molecule has 3 rings (SSSR count). The van der Waals surface area contributed by atoms with Crippen LogP contribution in [0.25, 0.3) is 16.4 Å². The maximum Gasteiger partial charge on any atom is 0.348 e. The number of rotatable bonds is 2. The maximum absolute atomic E-state index is 14.1. The molecule has 0 saturated heterocycles. The zero-order chi connectivity index (χ0) is 15.0. The van der Waals surface area contributed by atoms with E-state index in [-0.39, 0.29) is 28.8 Å². The van der Waals surface area contributed by atoms with E-state index in [2.05, 4.69) is 0 Å². The lowest BCUT2D eigenvalue weighted by atomic mass is 10.1. The van der Waals surface area contributed by atoms with Gasteiger partial charge in [-0.25, -0.2) is 4.79 Å². The molecule has 1 aromatic carbocycles. The number of carbonyl (C=O) groups is 1. The Hall–Kier alpha value is -2.69. The highest BCUT2D eigenvalue weighted by atomic mass is 19.1. The van der Waals surface area contributed by atoms with Crippen LogP contribution in [0.4, 0.5) is 4.39 Å². The summed E-state index contributed by atoms with van der Waals surface area (Å²) in [6.07, 6.45) is 1.64. The number of carbonyl (C=O) groups excluding carboxylic acids is 1. The summed E-state index contributed by atoms with van der Waals surface area (Å²) in [6.45, 7) is 1.88. The molecule has 2 aromatic heterocycles. The minimum Gasteiger partial charge on any atom is -0.506 e. The van der Waals surface area contributed by atoms with Gasteiger partial charge in [0, 0.05) is 12.1 Å². The minimum absolute atomic E-state index is 0.0375. The van der Waals surface area contributed by atoms with Gasteiger partial charge >= 0.3 is 5.97 Å². The summed E-state index contributed by atoms with van der Waals surface area (Å²) in [5, 5.41) is 10.7.